The van der Waals surface area contributed by atoms with Gasteiger partial charge in [-0.25, -0.2) is 22.6 Å². The average molecular weight is 405 g/mol. The number of halogens is 1. The molecule has 0 N–H and O–H groups in total. The summed E-state index contributed by atoms with van der Waals surface area (Å²) < 4.78 is 47.5. The molecule has 148 valence electrons. The van der Waals surface area contributed by atoms with E-state index in [1.54, 1.807) is 36.7 Å². The van der Waals surface area contributed by atoms with Crippen LogP contribution in [0, 0.1) is 5.82 Å². The first-order chi connectivity index (χ1) is 13.4. The number of pyridine rings is 1. The smallest absolute Gasteiger partial charge is 0.341 e. The van der Waals surface area contributed by atoms with Gasteiger partial charge in [-0.1, -0.05) is 19.9 Å². The van der Waals surface area contributed by atoms with Crippen LogP contribution in [0.3, 0.4) is 0 Å². The maximum Gasteiger partial charge on any atom is 0.341 e. The number of fused-ring (bicyclic) bond motifs is 1. The number of ether oxygens (including phenoxy) is 1. The largest absolute Gasteiger partial charge is 0.455 e. The molecule has 28 heavy (non-hydrogen) atoms. The first-order valence-corrected chi connectivity index (χ1v) is 10.2. The van der Waals surface area contributed by atoms with Crippen molar-refractivity contribution in [3.05, 3.63) is 65.9 Å². The van der Waals surface area contributed by atoms with Crippen molar-refractivity contribution in [2.24, 2.45) is 0 Å². The molecule has 7 nitrogen and oxygen atoms in total. The van der Waals surface area contributed by atoms with Gasteiger partial charge in [0, 0.05) is 25.5 Å². The highest BCUT2D eigenvalue weighted by Crippen LogP contribution is 2.20. The van der Waals surface area contributed by atoms with E-state index < -0.39 is 27.4 Å². The average Bonchev–Trinajstić information content (AvgIpc) is 3.10. The van der Waals surface area contributed by atoms with E-state index in [0.29, 0.717) is 11.3 Å². The van der Waals surface area contributed by atoms with E-state index in [0.717, 1.165) is 18.2 Å². The molecule has 3 rings (SSSR count). The van der Waals surface area contributed by atoms with Gasteiger partial charge >= 0.3 is 5.97 Å². The van der Waals surface area contributed by atoms with Crippen LogP contribution in [0.2, 0.25) is 0 Å². The Hall–Kier alpha value is -2.78. The molecule has 2 aromatic heterocycles. The third-order valence-corrected chi connectivity index (χ3v) is 6.31. The molecule has 0 aliphatic heterocycles. The van der Waals surface area contributed by atoms with Crippen LogP contribution in [0.5, 0.6) is 0 Å². The normalized spacial score (nSPS) is 11.9. The van der Waals surface area contributed by atoms with Crippen molar-refractivity contribution < 1.29 is 22.3 Å². The minimum absolute atomic E-state index is 0.155. The molecule has 0 bridgehead atoms. The van der Waals surface area contributed by atoms with Crippen molar-refractivity contribution in [3.8, 4) is 0 Å². The summed E-state index contributed by atoms with van der Waals surface area (Å²) in [5.41, 5.74) is 0.746. The predicted octanol–water partition coefficient (Wildman–Crippen LogP) is 2.86. The number of rotatable bonds is 7. The van der Waals surface area contributed by atoms with Crippen molar-refractivity contribution in [1.82, 2.24) is 13.7 Å². The van der Waals surface area contributed by atoms with Gasteiger partial charge in [-0.05, 0) is 30.3 Å². The summed E-state index contributed by atoms with van der Waals surface area (Å²) in [5, 5.41) is 0. The minimum Gasteiger partial charge on any atom is -0.455 e. The number of carbonyl (C=O) groups excluding carboxylic acids is 1. The monoisotopic (exact) mass is 405 g/mol. The van der Waals surface area contributed by atoms with E-state index in [2.05, 4.69) is 4.98 Å². The second-order valence-corrected chi connectivity index (χ2v) is 7.94. The van der Waals surface area contributed by atoms with Crippen LogP contribution < -0.4 is 0 Å². The number of sulfonamides is 1. The number of nitrogens with zero attached hydrogens (tertiary/aromatic N) is 3. The molecule has 0 amide bonds. The highest BCUT2D eigenvalue weighted by atomic mass is 32.2. The second kappa shape index (κ2) is 8.07. The molecule has 0 unspecified atom stereocenters. The van der Waals surface area contributed by atoms with Gasteiger partial charge in [-0.2, -0.15) is 4.31 Å². The molecule has 0 radical (unpaired) electrons. The Labute approximate surface area is 162 Å². The molecule has 0 aliphatic carbocycles. The summed E-state index contributed by atoms with van der Waals surface area (Å²) in [6.45, 7) is 3.78. The maximum absolute atomic E-state index is 14.1. The van der Waals surface area contributed by atoms with Crippen LogP contribution in [0.25, 0.3) is 5.65 Å². The zero-order valence-corrected chi connectivity index (χ0v) is 16.3. The lowest BCUT2D eigenvalue weighted by Gasteiger charge is -2.18. The highest BCUT2D eigenvalue weighted by Gasteiger charge is 2.24. The van der Waals surface area contributed by atoms with Gasteiger partial charge in [0.15, 0.2) is 0 Å². The number of carbonyl (C=O) groups is 1. The molecule has 0 saturated heterocycles. The summed E-state index contributed by atoms with van der Waals surface area (Å²) in [6.07, 6.45) is 3.50. The Balaban J connectivity index is 1.81. The molecule has 9 heteroatoms. The zero-order chi connectivity index (χ0) is 20.3. The van der Waals surface area contributed by atoms with Gasteiger partial charge in [0.25, 0.3) is 0 Å². The number of hydrogen-bond donors (Lipinski definition) is 0. The lowest BCUT2D eigenvalue weighted by Crippen LogP contribution is -2.30. The number of aromatic nitrogens is 2. The van der Waals surface area contributed by atoms with Crippen molar-refractivity contribution in [3.63, 3.8) is 0 Å². The van der Waals surface area contributed by atoms with E-state index in [1.165, 1.54) is 4.31 Å². The third-order valence-electron chi connectivity index (χ3n) is 4.27. The zero-order valence-electron chi connectivity index (χ0n) is 15.5. The molecule has 0 spiro atoms. The first kappa shape index (κ1) is 20.0. The summed E-state index contributed by atoms with van der Waals surface area (Å²) >= 11 is 0. The summed E-state index contributed by atoms with van der Waals surface area (Å²) in [7, 11) is -3.82. The summed E-state index contributed by atoms with van der Waals surface area (Å²) in [6, 6.07) is 8.57. The van der Waals surface area contributed by atoms with Gasteiger partial charge in [-0.15, -0.1) is 0 Å². The molecule has 2 heterocycles. The fourth-order valence-corrected chi connectivity index (χ4v) is 4.29. The SMILES string of the molecule is CCN(CC)S(=O)(=O)c1ccc(F)c(C(=O)OCc2cn3ccccc3n2)c1. The highest BCUT2D eigenvalue weighted by molar-refractivity contribution is 7.89. The second-order valence-electron chi connectivity index (χ2n) is 6.01. The van der Waals surface area contributed by atoms with Gasteiger partial charge in [0.05, 0.1) is 16.2 Å². The van der Waals surface area contributed by atoms with Crippen molar-refractivity contribution in [2.45, 2.75) is 25.3 Å². The minimum atomic E-state index is -3.82. The number of esters is 1. The molecule has 0 fully saturated rings. The van der Waals surface area contributed by atoms with Crippen LogP contribution in [0.1, 0.15) is 29.9 Å². The van der Waals surface area contributed by atoms with Gasteiger partial charge in [-0.3, -0.25) is 0 Å². The van der Waals surface area contributed by atoms with Crippen LogP contribution >= 0.6 is 0 Å². The van der Waals surface area contributed by atoms with E-state index in [1.807, 2.05) is 12.1 Å². The predicted molar refractivity (Wildman–Crippen MR) is 101 cm³/mol. The van der Waals surface area contributed by atoms with E-state index >= 15 is 0 Å². The van der Waals surface area contributed by atoms with E-state index in [9.17, 15) is 17.6 Å². The molecule has 1 aromatic carbocycles. The fourth-order valence-electron chi connectivity index (χ4n) is 2.81. The standard InChI is InChI=1S/C19H20FN3O4S/c1-3-23(4-2)28(25,26)15-8-9-17(20)16(11-15)19(24)27-13-14-12-22-10-6-5-7-18(22)21-14/h5-12H,3-4,13H2,1-2H3. The molecule has 0 saturated carbocycles. The molecule has 3 aromatic rings. The summed E-state index contributed by atoms with van der Waals surface area (Å²) in [5.74, 6) is -1.80. The van der Waals surface area contributed by atoms with E-state index in [-0.39, 0.29) is 24.6 Å². The Kier molecular flexibility index (Phi) is 5.76. The van der Waals surface area contributed by atoms with E-state index in [4.69, 9.17) is 4.74 Å². The van der Waals surface area contributed by atoms with Crippen LogP contribution in [-0.2, 0) is 21.4 Å². The van der Waals surface area contributed by atoms with Crippen molar-refractivity contribution in [1.29, 1.82) is 0 Å². The molecular formula is C19H20FN3O4S. The lowest BCUT2D eigenvalue weighted by molar-refractivity contribution is 0.0462. The number of imidazole rings is 1. The molecule has 0 aliphatic rings. The first-order valence-electron chi connectivity index (χ1n) is 8.76. The number of hydrogen-bond acceptors (Lipinski definition) is 5. The maximum atomic E-state index is 14.1. The third kappa shape index (κ3) is 3.90. The Bertz CT molecular complexity index is 1070. The fraction of sp³-hybridized carbons (Fsp3) is 0.263. The topological polar surface area (TPSA) is 81.0 Å². The molecular weight excluding hydrogens is 385 g/mol. The van der Waals surface area contributed by atoms with Crippen LogP contribution in [0.15, 0.2) is 53.7 Å². The van der Waals surface area contributed by atoms with Gasteiger partial charge < -0.3 is 9.14 Å². The number of benzene rings is 1. The van der Waals surface area contributed by atoms with Crippen molar-refractivity contribution in [2.75, 3.05) is 13.1 Å². The van der Waals surface area contributed by atoms with Crippen molar-refractivity contribution >= 4 is 21.6 Å². The summed E-state index contributed by atoms with van der Waals surface area (Å²) in [4.78, 5) is 16.5. The quantitative estimate of drug-likeness (QED) is 0.565. The Morgan fingerprint density at radius 3 is 2.64 bits per heavy atom. The van der Waals surface area contributed by atoms with Gasteiger partial charge in [0.1, 0.15) is 18.1 Å². The van der Waals surface area contributed by atoms with Gasteiger partial charge in [0.2, 0.25) is 10.0 Å². The Morgan fingerprint density at radius 2 is 1.96 bits per heavy atom. The molecule has 0 atom stereocenters. The van der Waals surface area contributed by atoms with Crippen LogP contribution in [0.4, 0.5) is 4.39 Å². The Morgan fingerprint density at radius 1 is 1.21 bits per heavy atom. The van der Waals surface area contributed by atoms with Crippen LogP contribution in [-0.4, -0.2) is 41.2 Å². The lowest BCUT2D eigenvalue weighted by atomic mass is 10.2.